The summed E-state index contributed by atoms with van der Waals surface area (Å²) in [5, 5.41) is 1.18. The molecule has 0 aliphatic carbocycles. The molecule has 1 atom stereocenters. The molecule has 0 bridgehead atoms. The maximum absolute atomic E-state index is 3.49. The van der Waals surface area contributed by atoms with E-state index >= 15 is 0 Å². The summed E-state index contributed by atoms with van der Waals surface area (Å²) in [6.45, 7) is 5.13. The van der Waals surface area contributed by atoms with Gasteiger partial charge in [0.25, 0.3) is 0 Å². The molecule has 2 heteroatoms. The summed E-state index contributed by atoms with van der Waals surface area (Å²) >= 11 is 3.49. The van der Waals surface area contributed by atoms with E-state index in [4.69, 9.17) is 0 Å². The summed E-state index contributed by atoms with van der Waals surface area (Å²) in [4.78, 5) is 2.73. The van der Waals surface area contributed by atoms with Crippen LogP contribution in [0, 0.1) is 0 Å². The Bertz CT molecular complexity index is 184. The lowest BCUT2D eigenvalue weighted by Crippen LogP contribution is -2.33. The molecule has 0 N–H and O–H groups in total. The van der Waals surface area contributed by atoms with E-state index in [-0.39, 0.29) is 0 Å². The lowest BCUT2D eigenvalue weighted by molar-refractivity contribution is 0.209. The van der Waals surface area contributed by atoms with Gasteiger partial charge in [0, 0.05) is 11.4 Å². The first-order valence-corrected chi connectivity index (χ1v) is 9.26. The fourth-order valence-corrected chi connectivity index (χ4v) is 3.36. The van der Waals surface area contributed by atoms with E-state index in [2.05, 4.69) is 27.8 Å². The van der Waals surface area contributed by atoms with Crippen LogP contribution in [0.5, 0.6) is 0 Å². The van der Waals surface area contributed by atoms with Crippen LogP contribution in [0.2, 0.25) is 0 Å². The summed E-state index contributed by atoms with van der Waals surface area (Å²) in [5.41, 5.74) is 0. The number of halogens is 1. The zero-order valence-electron chi connectivity index (χ0n) is 12.3. The molecule has 0 spiro atoms. The smallest absolute Gasteiger partial charge is 0.00669 e. The highest BCUT2D eigenvalue weighted by Gasteiger charge is 2.15. The van der Waals surface area contributed by atoms with E-state index in [1.807, 2.05) is 0 Å². The number of likely N-dealkylation sites (tertiary alicyclic amines) is 1. The molecule has 108 valence electrons. The standard InChI is InChI=1S/C16H32BrN/c1-16-12-8-7-11-15-18(16)14-10-6-4-2-3-5-9-13-17/h16H,2-15H2,1H3. The second kappa shape index (κ2) is 11.3. The normalized spacial score (nSPS) is 22.0. The molecule has 1 aliphatic rings. The summed E-state index contributed by atoms with van der Waals surface area (Å²) in [7, 11) is 0. The van der Waals surface area contributed by atoms with Crippen molar-refractivity contribution < 1.29 is 0 Å². The average Bonchev–Trinajstić information content (AvgIpc) is 2.58. The molecule has 0 amide bonds. The first-order chi connectivity index (χ1) is 8.84. The first kappa shape index (κ1) is 16.5. The third-order valence-corrected chi connectivity index (χ3v) is 4.83. The second-order valence-electron chi connectivity index (χ2n) is 5.90. The maximum atomic E-state index is 3.49. The number of unbranched alkanes of at least 4 members (excludes halogenated alkanes) is 6. The minimum atomic E-state index is 0.839. The topological polar surface area (TPSA) is 3.24 Å². The van der Waals surface area contributed by atoms with E-state index in [0.717, 1.165) is 6.04 Å². The van der Waals surface area contributed by atoms with Gasteiger partial charge in [-0.05, 0) is 45.7 Å². The van der Waals surface area contributed by atoms with Crippen molar-refractivity contribution in [1.29, 1.82) is 0 Å². The monoisotopic (exact) mass is 317 g/mol. The van der Waals surface area contributed by atoms with E-state index in [9.17, 15) is 0 Å². The summed E-state index contributed by atoms with van der Waals surface area (Å²) in [6.07, 6.45) is 15.7. The molecule has 0 radical (unpaired) electrons. The summed E-state index contributed by atoms with van der Waals surface area (Å²) in [5.74, 6) is 0. The Hall–Kier alpha value is 0.440. The molecule has 1 saturated heterocycles. The van der Waals surface area contributed by atoms with Crippen LogP contribution in [0.3, 0.4) is 0 Å². The van der Waals surface area contributed by atoms with Crippen molar-refractivity contribution >= 4 is 15.9 Å². The number of hydrogen-bond donors (Lipinski definition) is 0. The lowest BCUT2D eigenvalue weighted by atomic mass is 10.1. The third kappa shape index (κ3) is 7.78. The number of hydrogen-bond acceptors (Lipinski definition) is 1. The Morgan fingerprint density at radius 2 is 1.56 bits per heavy atom. The van der Waals surface area contributed by atoms with Gasteiger partial charge in [0.1, 0.15) is 0 Å². The van der Waals surface area contributed by atoms with E-state index in [0.29, 0.717) is 0 Å². The molecule has 0 aromatic carbocycles. The molecule has 18 heavy (non-hydrogen) atoms. The molecule has 0 aromatic rings. The van der Waals surface area contributed by atoms with Gasteiger partial charge in [0.15, 0.2) is 0 Å². The van der Waals surface area contributed by atoms with Gasteiger partial charge in [-0.1, -0.05) is 60.9 Å². The van der Waals surface area contributed by atoms with Gasteiger partial charge in [0.2, 0.25) is 0 Å². The van der Waals surface area contributed by atoms with Crippen molar-refractivity contribution in [2.24, 2.45) is 0 Å². The van der Waals surface area contributed by atoms with Crippen molar-refractivity contribution in [3.8, 4) is 0 Å². The predicted molar refractivity (Wildman–Crippen MR) is 85.6 cm³/mol. The first-order valence-electron chi connectivity index (χ1n) is 8.14. The van der Waals surface area contributed by atoms with Gasteiger partial charge in [-0.2, -0.15) is 0 Å². The van der Waals surface area contributed by atoms with Crippen molar-refractivity contribution in [2.75, 3.05) is 18.4 Å². The maximum Gasteiger partial charge on any atom is 0.00669 e. The van der Waals surface area contributed by atoms with E-state index in [1.54, 1.807) is 0 Å². The summed E-state index contributed by atoms with van der Waals surface area (Å²) < 4.78 is 0. The Kier molecular flexibility index (Phi) is 10.3. The summed E-state index contributed by atoms with van der Waals surface area (Å²) in [6, 6.07) is 0.839. The highest BCUT2D eigenvalue weighted by atomic mass is 79.9. The van der Waals surface area contributed by atoms with Crippen molar-refractivity contribution in [3.63, 3.8) is 0 Å². The minimum absolute atomic E-state index is 0.839. The van der Waals surface area contributed by atoms with Crippen LogP contribution >= 0.6 is 15.9 Å². The van der Waals surface area contributed by atoms with Crippen LogP contribution in [-0.4, -0.2) is 29.4 Å². The zero-order valence-corrected chi connectivity index (χ0v) is 13.9. The molecule has 1 fully saturated rings. The van der Waals surface area contributed by atoms with Crippen LogP contribution in [0.4, 0.5) is 0 Å². The second-order valence-corrected chi connectivity index (χ2v) is 6.69. The largest absolute Gasteiger partial charge is 0.301 e. The van der Waals surface area contributed by atoms with Crippen LogP contribution in [0.15, 0.2) is 0 Å². The molecule has 0 aromatic heterocycles. The highest BCUT2D eigenvalue weighted by Crippen LogP contribution is 2.17. The van der Waals surface area contributed by atoms with Gasteiger partial charge in [-0.25, -0.2) is 0 Å². The van der Waals surface area contributed by atoms with Gasteiger partial charge in [-0.3, -0.25) is 0 Å². The van der Waals surface area contributed by atoms with Gasteiger partial charge in [-0.15, -0.1) is 0 Å². The van der Waals surface area contributed by atoms with Crippen LogP contribution in [-0.2, 0) is 0 Å². The quantitative estimate of drug-likeness (QED) is 0.408. The Morgan fingerprint density at radius 3 is 2.28 bits per heavy atom. The highest BCUT2D eigenvalue weighted by molar-refractivity contribution is 9.09. The van der Waals surface area contributed by atoms with Crippen LogP contribution in [0.1, 0.15) is 77.6 Å². The van der Waals surface area contributed by atoms with Gasteiger partial charge in [0.05, 0.1) is 0 Å². The molecular formula is C16H32BrN. The van der Waals surface area contributed by atoms with Crippen LogP contribution in [0.25, 0.3) is 0 Å². The minimum Gasteiger partial charge on any atom is -0.301 e. The molecule has 1 nitrogen and oxygen atoms in total. The molecule has 1 aliphatic heterocycles. The fraction of sp³-hybridized carbons (Fsp3) is 1.00. The van der Waals surface area contributed by atoms with Crippen LogP contribution < -0.4 is 0 Å². The molecule has 1 rings (SSSR count). The average molecular weight is 318 g/mol. The van der Waals surface area contributed by atoms with Crippen molar-refractivity contribution in [1.82, 2.24) is 4.90 Å². The molecule has 1 unspecified atom stereocenters. The molecule has 1 heterocycles. The van der Waals surface area contributed by atoms with E-state index in [1.165, 1.54) is 89.0 Å². The lowest BCUT2D eigenvalue weighted by Gasteiger charge is -2.26. The SMILES string of the molecule is CC1CCCCCN1CCCCCCCCCBr. The zero-order chi connectivity index (χ0) is 13.1. The number of alkyl halides is 1. The fourth-order valence-electron chi connectivity index (χ4n) is 2.96. The van der Waals surface area contributed by atoms with E-state index < -0.39 is 0 Å². The number of nitrogens with zero attached hydrogens (tertiary/aromatic N) is 1. The Morgan fingerprint density at radius 1 is 0.889 bits per heavy atom. The number of rotatable bonds is 9. The Labute approximate surface area is 123 Å². The molecular weight excluding hydrogens is 286 g/mol. The van der Waals surface area contributed by atoms with Gasteiger partial charge >= 0.3 is 0 Å². The van der Waals surface area contributed by atoms with Crippen molar-refractivity contribution in [2.45, 2.75) is 83.6 Å². The molecule has 0 saturated carbocycles. The predicted octanol–water partition coefficient (Wildman–Crippen LogP) is 5.38. The van der Waals surface area contributed by atoms with Crippen molar-refractivity contribution in [3.05, 3.63) is 0 Å². The Balaban J connectivity index is 1.93. The van der Waals surface area contributed by atoms with Gasteiger partial charge < -0.3 is 4.90 Å². The third-order valence-electron chi connectivity index (χ3n) is 4.27.